The summed E-state index contributed by atoms with van der Waals surface area (Å²) in [6, 6.07) is 16.7. The molecule has 1 atom stereocenters. The number of nitrogens with one attached hydrogen (secondary N) is 1. The van der Waals surface area contributed by atoms with Gasteiger partial charge in [0, 0.05) is 11.3 Å². The van der Waals surface area contributed by atoms with Crippen molar-refractivity contribution in [1.29, 1.82) is 0 Å². The van der Waals surface area contributed by atoms with Crippen molar-refractivity contribution in [3.05, 3.63) is 54.6 Å². The number of nitrogens with zero attached hydrogens (tertiary/aromatic N) is 3. The maximum absolute atomic E-state index is 12.3. The molecule has 2 aromatic carbocycles. The van der Waals surface area contributed by atoms with E-state index in [0.29, 0.717) is 11.0 Å². The highest BCUT2D eigenvalue weighted by molar-refractivity contribution is 8.00. The van der Waals surface area contributed by atoms with Gasteiger partial charge in [-0.15, -0.1) is 10.2 Å². The first-order chi connectivity index (χ1) is 12.6. The van der Waals surface area contributed by atoms with Crippen LogP contribution in [0.15, 0.2) is 59.8 Å². The monoisotopic (exact) mass is 369 g/mol. The second kappa shape index (κ2) is 7.92. The number of hydrogen-bond acceptors (Lipinski definition) is 6. The minimum atomic E-state index is -0.384. The molecule has 0 radical (unpaired) electrons. The van der Waals surface area contributed by atoms with Crippen molar-refractivity contribution >= 4 is 23.4 Å². The van der Waals surface area contributed by atoms with Gasteiger partial charge in [0.2, 0.25) is 11.1 Å². The molecule has 8 heteroatoms. The molecule has 0 aliphatic heterocycles. The van der Waals surface area contributed by atoms with E-state index in [-0.39, 0.29) is 11.2 Å². The van der Waals surface area contributed by atoms with Crippen molar-refractivity contribution in [3.8, 4) is 17.1 Å². The Labute approximate surface area is 155 Å². The average Bonchev–Trinajstić information content (AvgIpc) is 3.03. The Hall–Kier alpha value is -3.00. The van der Waals surface area contributed by atoms with Crippen LogP contribution in [-0.4, -0.2) is 33.1 Å². The lowest BCUT2D eigenvalue weighted by molar-refractivity contribution is -0.115. The molecule has 0 aliphatic rings. The highest BCUT2D eigenvalue weighted by Gasteiger charge is 2.20. The molecule has 1 aromatic heterocycles. The van der Waals surface area contributed by atoms with Crippen LogP contribution in [0.3, 0.4) is 0 Å². The van der Waals surface area contributed by atoms with Crippen LogP contribution < -0.4 is 15.9 Å². The lowest BCUT2D eigenvalue weighted by Gasteiger charge is -2.11. The third-order valence-corrected chi connectivity index (χ3v) is 4.76. The van der Waals surface area contributed by atoms with Gasteiger partial charge >= 0.3 is 0 Å². The maximum atomic E-state index is 12.3. The summed E-state index contributed by atoms with van der Waals surface area (Å²) in [7, 11) is 1.61. The van der Waals surface area contributed by atoms with E-state index in [2.05, 4.69) is 15.5 Å². The molecule has 3 rings (SSSR count). The van der Waals surface area contributed by atoms with E-state index in [0.717, 1.165) is 17.0 Å². The molecule has 0 saturated heterocycles. The Balaban J connectivity index is 1.70. The van der Waals surface area contributed by atoms with Crippen molar-refractivity contribution in [1.82, 2.24) is 14.9 Å². The van der Waals surface area contributed by atoms with Crippen LogP contribution in [0.2, 0.25) is 0 Å². The maximum Gasteiger partial charge on any atom is 0.237 e. The van der Waals surface area contributed by atoms with Gasteiger partial charge < -0.3 is 15.9 Å². The number of benzene rings is 2. The number of carbonyl (C=O) groups is 1. The minimum absolute atomic E-state index is 0.129. The molecule has 3 aromatic rings. The van der Waals surface area contributed by atoms with E-state index in [9.17, 15) is 4.79 Å². The standard InChI is InChI=1S/C18H19N5O2S/c1-12(17(24)20-14-6-4-3-5-7-14)26-18-22-21-16(23(18)19)13-8-10-15(25-2)11-9-13/h3-12H,19H2,1-2H3,(H,20,24)/t12-/m0/s1. The summed E-state index contributed by atoms with van der Waals surface area (Å²) < 4.78 is 6.53. The number of carbonyl (C=O) groups excluding carboxylic acids is 1. The van der Waals surface area contributed by atoms with Crippen LogP contribution in [0.1, 0.15) is 6.92 Å². The summed E-state index contributed by atoms with van der Waals surface area (Å²) in [5, 5.41) is 11.2. The first-order valence-electron chi connectivity index (χ1n) is 7.96. The predicted octanol–water partition coefficient (Wildman–Crippen LogP) is 2.79. The normalized spacial score (nSPS) is 11.8. The zero-order chi connectivity index (χ0) is 18.5. The predicted molar refractivity (Wildman–Crippen MR) is 103 cm³/mol. The van der Waals surface area contributed by atoms with E-state index >= 15 is 0 Å². The molecule has 0 aliphatic carbocycles. The van der Waals surface area contributed by atoms with E-state index < -0.39 is 0 Å². The number of aromatic nitrogens is 3. The molecule has 0 saturated carbocycles. The number of nitrogens with two attached hydrogens (primary N) is 1. The third kappa shape index (κ3) is 3.97. The van der Waals surface area contributed by atoms with Crippen molar-refractivity contribution < 1.29 is 9.53 Å². The SMILES string of the molecule is COc1ccc(-c2nnc(S[C@@H](C)C(=O)Nc3ccccc3)n2N)cc1. The summed E-state index contributed by atoms with van der Waals surface area (Å²) in [4.78, 5) is 12.3. The lowest BCUT2D eigenvalue weighted by atomic mass is 10.2. The molecule has 3 N–H and O–H groups in total. The Kier molecular flexibility index (Phi) is 5.43. The van der Waals surface area contributed by atoms with Crippen LogP contribution in [0.4, 0.5) is 5.69 Å². The lowest BCUT2D eigenvalue weighted by Crippen LogP contribution is -2.23. The average molecular weight is 369 g/mol. The largest absolute Gasteiger partial charge is 0.497 e. The third-order valence-electron chi connectivity index (χ3n) is 3.71. The molecule has 134 valence electrons. The summed E-state index contributed by atoms with van der Waals surface area (Å²) in [6.07, 6.45) is 0. The number of para-hydroxylation sites is 1. The van der Waals surface area contributed by atoms with Gasteiger partial charge in [-0.25, -0.2) is 4.68 Å². The van der Waals surface area contributed by atoms with Crippen molar-refractivity contribution in [2.24, 2.45) is 0 Å². The molecule has 0 bridgehead atoms. The van der Waals surface area contributed by atoms with Gasteiger partial charge in [-0.2, -0.15) is 0 Å². The van der Waals surface area contributed by atoms with Gasteiger partial charge in [0.15, 0.2) is 5.82 Å². The highest BCUT2D eigenvalue weighted by atomic mass is 32.2. The number of hydrogen-bond donors (Lipinski definition) is 2. The molecule has 26 heavy (non-hydrogen) atoms. The van der Waals surface area contributed by atoms with Gasteiger partial charge in [-0.3, -0.25) is 4.79 Å². The molecule has 1 amide bonds. The molecule has 0 fully saturated rings. The summed E-state index contributed by atoms with van der Waals surface area (Å²) in [5.41, 5.74) is 1.56. The molecular formula is C18H19N5O2S. The fourth-order valence-electron chi connectivity index (χ4n) is 2.27. The van der Waals surface area contributed by atoms with Crippen LogP contribution in [-0.2, 0) is 4.79 Å². The number of thioether (sulfide) groups is 1. The number of methoxy groups -OCH3 is 1. The van der Waals surface area contributed by atoms with Crippen molar-refractivity contribution in [2.45, 2.75) is 17.3 Å². The number of amides is 1. The van der Waals surface area contributed by atoms with Gasteiger partial charge in [0.1, 0.15) is 5.75 Å². The Bertz CT molecular complexity index is 880. The van der Waals surface area contributed by atoms with Crippen LogP contribution in [0.5, 0.6) is 5.75 Å². The van der Waals surface area contributed by atoms with Crippen molar-refractivity contribution in [2.75, 3.05) is 18.3 Å². The smallest absolute Gasteiger partial charge is 0.237 e. The number of nitrogen functional groups attached to an aromatic ring is 1. The zero-order valence-corrected chi connectivity index (χ0v) is 15.2. The van der Waals surface area contributed by atoms with Crippen LogP contribution >= 0.6 is 11.8 Å². The Morgan fingerprint density at radius 3 is 2.50 bits per heavy atom. The van der Waals surface area contributed by atoms with Crippen LogP contribution in [0.25, 0.3) is 11.4 Å². The summed E-state index contributed by atoms with van der Waals surface area (Å²) in [5.74, 6) is 7.25. The number of anilines is 1. The summed E-state index contributed by atoms with van der Waals surface area (Å²) in [6.45, 7) is 1.80. The van der Waals surface area contributed by atoms with Gasteiger partial charge in [0.05, 0.1) is 12.4 Å². The quantitative estimate of drug-likeness (QED) is 0.512. The van der Waals surface area contributed by atoms with Crippen LogP contribution in [0, 0.1) is 0 Å². The minimum Gasteiger partial charge on any atom is -0.497 e. The molecule has 7 nitrogen and oxygen atoms in total. The van der Waals surface area contributed by atoms with E-state index in [1.807, 2.05) is 54.6 Å². The number of rotatable bonds is 6. The first kappa shape index (κ1) is 17.8. The van der Waals surface area contributed by atoms with Crippen molar-refractivity contribution in [3.63, 3.8) is 0 Å². The molecule has 0 unspecified atom stereocenters. The first-order valence-corrected chi connectivity index (χ1v) is 8.84. The fourth-order valence-corrected chi connectivity index (χ4v) is 3.04. The second-order valence-electron chi connectivity index (χ2n) is 5.52. The van der Waals surface area contributed by atoms with Gasteiger partial charge in [-0.05, 0) is 43.3 Å². The second-order valence-corrected chi connectivity index (χ2v) is 6.83. The molecule has 1 heterocycles. The number of ether oxygens (including phenoxy) is 1. The summed E-state index contributed by atoms with van der Waals surface area (Å²) >= 11 is 1.25. The Morgan fingerprint density at radius 1 is 1.15 bits per heavy atom. The van der Waals surface area contributed by atoms with E-state index in [4.69, 9.17) is 10.6 Å². The highest BCUT2D eigenvalue weighted by Crippen LogP contribution is 2.26. The van der Waals surface area contributed by atoms with E-state index in [1.54, 1.807) is 14.0 Å². The molecule has 0 spiro atoms. The topological polar surface area (TPSA) is 95.1 Å². The Morgan fingerprint density at radius 2 is 1.85 bits per heavy atom. The fraction of sp³-hybridized carbons (Fsp3) is 0.167. The molecular weight excluding hydrogens is 350 g/mol. The van der Waals surface area contributed by atoms with Gasteiger partial charge in [0.25, 0.3) is 0 Å². The zero-order valence-electron chi connectivity index (χ0n) is 14.4. The van der Waals surface area contributed by atoms with E-state index in [1.165, 1.54) is 16.4 Å². The van der Waals surface area contributed by atoms with Gasteiger partial charge in [-0.1, -0.05) is 30.0 Å².